The van der Waals surface area contributed by atoms with Crippen molar-refractivity contribution in [1.82, 2.24) is 4.98 Å². The lowest BCUT2D eigenvalue weighted by atomic mass is 10.1. The molecule has 0 spiro atoms. The van der Waals surface area contributed by atoms with E-state index in [9.17, 15) is 4.79 Å². The van der Waals surface area contributed by atoms with Crippen LogP contribution in [0.1, 0.15) is 23.7 Å². The molecule has 3 aromatic rings. The Balaban J connectivity index is 1.50. The zero-order valence-corrected chi connectivity index (χ0v) is 18.0. The van der Waals surface area contributed by atoms with Crippen LogP contribution in [0.15, 0.2) is 47.8 Å². The number of aromatic nitrogens is 1. The maximum atomic E-state index is 12.2. The second-order valence-corrected chi connectivity index (χ2v) is 8.30. The van der Waals surface area contributed by atoms with E-state index in [4.69, 9.17) is 4.74 Å². The molecule has 0 aliphatic carbocycles. The SMILES string of the molecule is CCOc1ccc(-c2nc(CSCC(=O)Nc3cc(C)ccc3C)cs2)cc1. The number of ether oxygens (including phenoxy) is 1. The minimum Gasteiger partial charge on any atom is -0.494 e. The van der Waals surface area contributed by atoms with Crippen molar-refractivity contribution in [3.05, 3.63) is 64.7 Å². The molecule has 1 N–H and O–H groups in total. The van der Waals surface area contributed by atoms with Crippen LogP contribution >= 0.6 is 23.1 Å². The third kappa shape index (κ3) is 5.59. The Kier molecular flexibility index (Phi) is 7.12. The number of benzene rings is 2. The van der Waals surface area contributed by atoms with Crippen LogP contribution in [0.25, 0.3) is 10.6 Å². The Morgan fingerprint density at radius 1 is 1.18 bits per heavy atom. The molecule has 0 bridgehead atoms. The van der Waals surface area contributed by atoms with Crippen molar-refractivity contribution in [2.75, 3.05) is 17.7 Å². The summed E-state index contributed by atoms with van der Waals surface area (Å²) in [5.41, 5.74) is 5.18. The smallest absolute Gasteiger partial charge is 0.234 e. The van der Waals surface area contributed by atoms with Crippen molar-refractivity contribution >= 4 is 34.7 Å². The van der Waals surface area contributed by atoms with Crippen molar-refractivity contribution in [3.8, 4) is 16.3 Å². The molecule has 0 saturated heterocycles. The predicted octanol–water partition coefficient (Wildman–Crippen LogP) is 5.70. The van der Waals surface area contributed by atoms with Crippen molar-refractivity contribution in [2.45, 2.75) is 26.5 Å². The fourth-order valence-electron chi connectivity index (χ4n) is 2.67. The number of nitrogens with one attached hydrogen (secondary N) is 1. The highest BCUT2D eigenvalue weighted by molar-refractivity contribution is 7.99. The molecule has 6 heteroatoms. The zero-order chi connectivity index (χ0) is 19.9. The summed E-state index contributed by atoms with van der Waals surface area (Å²) in [6, 6.07) is 14.1. The first kappa shape index (κ1) is 20.4. The van der Waals surface area contributed by atoms with E-state index >= 15 is 0 Å². The molecule has 1 amide bonds. The van der Waals surface area contributed by atoms with Gasteiger partial charge in [-0.05, 0) is 62.2 Å². The number of anilines is 1. The summed E-state index contributed by atoms with van der Waals surface area (Å²) in [5, 5.41) is 6.04. The number of thiazole rings is 1. The Labute approximate surface area is 174 Å². The second kappa shape index (κ2) is 9.75. The molecule has 0 fully saturated rings. The van der Waals surface area contributed by atoms with Crippen LogP contribution in [0, 0.1) is 13.8 Å². The van der Waals surface area contributed by atoms with Gasteiger partial charge >= 0.3 is 0 Å². The van der Waals surface area contributed by atoms with Gasteiger partial charge < -0.3 is 10.1 Å². The van der Waals surface area contributed by atoms with Gasteiger partial charge in [0.15, 0.2) is 0 Å². The minimum absolute atomic E-state index is 0.0145. The van der Waals surface area contributed by atoms with E-state index in [0.29, 0.717) is 18.1 Å². The van der Waals surface area contributed by atoms with Crippen molar-refractivity contribution in [2.24, 2.45) is 0 Å². The van der Waals surface area contributed by atoms with Gasteiger partial charge in [0.05, 0.1) is 18.1 Å². The Hall–Kier alpha value is -2.31. The van der Waals surface area contributed by atoms with Gasteiger partial charge in [0.2, 0.25) is 5.91 Å². The average molecular weight is 413 g/mol. The molecule has 0 radical (unpaired) electrons. The number of carbonyl (C=O) groups excluding carboxylic acids is 1. The normalized spacial score (nSPS) is 10.7. The van der Waals surface area contributed by atoms with Gasteiger partial charge in [-0.1, -0.05) is 12.1 Å². The van der Waals surface area contributed by atoms with Gasteiger partial charge in [0.25, 0.3) is 0 Å². The Morgan fingerprint density at radius 3 is 2.71 bits per heavy atom. The van der Waals surface area contributed by atoms with E-state index in [2.05, 4.69) is 15.7 Å². The van der Waals surface area contributed by atoms with Crippen molar-refractivity contribution in [3.63, 3.8) is 0 Å². The summed E-state index contributed by atoms with van der Waals surface area (Å²) >= 11 is 3.19. The molecule has 3 rings (SSSR count). The number of thioether (sulfide) groups is 1. The van der Waals surface area contributed by atoms with Crippen LogP contribution < -0.4 is 10.1 Å². The van der Waals surface area contributed by atoms with Crippen LogP contribution in [-0.2, 0) is 10.5 Å². The first-order valence-corrected chi connectivity index (χ1v) is 11.2. The molecule has 0 atom stereocenters. The monoisotopic (exact) mass is 412 g/mol. The molecule has 28 heavy (non-hydrogen) atoms. The van der Waals surface area contributed by atoms with E-state index < -0.39 is 0 Å². The molecule has 0 saturated carbocycles. The summed E-state index contributed by atoms with van der Waals surface area (Å²) in [6.07, 6.45) is 0. The number of rotatable bonds is 8. The topological polar surface area (TPSA) is 51.2 Å². The maximum Gasteiger partial charge on any atom is 0.234 e. The second-order valence-electron chi connectivity index (χ2n) is 6.46. The van der Waals surface area contributed by atoms with Gasteiger partial charge in [-0.25, -0.2) is 4.98 Å². The van der Waals surface area contributed by atoms with E-state index in [-0.39, 0.29) is 5.91 Å². The maximum absolute atomic E-state index is 12.2. The van der Waals surface area contributed by atoms with Gasteiger partial charge in [0, 0.05) is 22.4 Å². The van der Waals surface area contributed by atoms with Gasteiger partial charge in [-0.3, -0.25) is 4.79 Å². The molecule has 4 nitrogen and oxygen atoms in total. The summed E-state index contributed by atoms with van der Waals surface area (Å²) in [4.78, 5) is 16.9. The van der Waals surface area contributed by atoms with Gasteiger partial charge in [0.1, 0.15) is 10.8 Å². The van der Waals surface area contributed by atoms with Crippen molar-refractivity contribution in [1.29, 1.82) is 0 Å². The molecule has 0 aliphatic rings. The third-order valence-electron chi connectivity index (χ3n) is 4.11. The standard InChI is InChI=1S/C22H24N2O2S2/c1-4-26-19-9-7-17(8-10-19)22-23-18(13-28-22)12-27-14-21(25)24-20-11-15(2)5-6-16(20)3/h5-11,13H,4,12,14H2,1-3H3,(H,24,25). The molecular weight excluding hydrogens is 388 g/mol. The summed E-state index contributed by atoms with van der Waals surface area (Å²) in [7, 11) is 0. The van der Waals surface area contributed by atoms with Crippen LogP contribution in [0.3, 0.4) is 0 Å². The van der Waals surface area contributed by atoms with E-state index in [1.54, 1.807) is 23.1 Å². The molecule has 1 aromatic heterocycles. The zero-order valence-electron chi connectivity index (χ0n) is 16.3. The fourth-order valence-corrected chi connectivity index (χ4v) is 4.32. The molecular formula is C22H24N2O2S2. The number of aryl methyl sites for hydroxylation is 2. The third-order valence-corrected chi connectivity index (χ3v) is 6.02. The average Bonchev–Trinajstić information content (AvgIpc) is 3.14. The van der Waals surface area contributed by atoms with E-state index in [1.165, 1.54) is 0 Å². The van der Waals surface area contributed by atoms with Crippen LogP contribution in [0.5, 0.6) is 5.75 Å². The highest BCUT2D eigenvalue weighted by Crippen LogP contribution is 2.27. The lowest BCUT2D eigenvalue weighted by Gasteiger charge is -2.09. The fraction of sp³-hybridized carbons (Fsp3) is 0.273. The largest absolute Gasteiger partial charge is 0.494 e. The molecule has 2 aromatic carbocycles. The van der Waals surface area contributed by atoms with E-state index in [0.717, 1.165) is 38.8 Å². The quantitative estimate of drug-likeness (QED) is 0.516. The number of hydrogen-bond acceptors (Lipinski definition) is 5. The van der Waals surface area contributed by atoms with Crippen LogP contribution in [0.2, 0.25) is 0 Å². The highest BCUT2D eigenvalue weighted by atomic mass is 32.2. The Bertz CT molecular complexity index is 936. The molecule has 0 aliphatic heterocycles. The summed E-state index contributed by atoms with van der Waals surface area (Å²) in [6.45, 7) is 6.66. The predicted molar refractivity (Wildman–Crippen MR) is 119 cm³/mol. The van der Waals surface area contributed by atoms with Crippen LogP contribution in [-0.4, -0.2) is 23.3 Å². The molecule has 0 unspecified atom stereocenters. The van der Waals surface area contributed by atoms with E-state index in [1.807, 2.05) is 63.2 Å². The van der Waals surface area contributed by atoms with Crippen LogP contribution in [0.4, 0.5) is 5.69 Å². The highest BCUT2D eigenvalue weighted by Gasteiger charge is 2.08. The van der Waals surface area contributed by atoms with Gasteiger partial charge in [-0.2, -0.15) is 0 Å². The van der Waals surface area contributed by atoms with Gasteiger partial charge in [-0.15, -0.1) is 23.1 Å². The lowest BCUT2D eigenvalue weighted by molar-refractivity contribution is -0.113. The molecule has 1 heterocycles. The summed E-state index contributed by atoms with van der Waals surface area (Å²) < 4.78 is 5.48. The Morgan fingerprint density at radius 2 is 1.96 bits per heavy atom. The number of hydrogen-bond donors (Lipinski definition) is 1. The lowest BCUT2D eigenvalue weighted by Crippen LogP contribution is -2.15. The molecule has 146 valence electrons. The number of nitrogens with zero attached hydrogens (tertiary/aromatic N) is 1. The number of amides is 1. The van der Waals surface area contributed by atoms with Crippen molar-refractivity contribution < 1.29 is 9.53 Å². The first-order valence-electron chi connectivity index (χ1n) is 9.17. The minimum atomic E-state index is 0.0145. The number of carbonyl (C=O) groups is 1. The summed E-state index contributed by atoms with van der Waals surface area (Å²) in [5.74, 6) is 2.01. The first-order chi connectivity index (χ1) is 13.5.